The molecule has 0 spiro atoms. The van der Waals surface area contributed by atoms with Crippen molar-refractivity contribution in [2.75, 3.05) is 12.4 Å². The van der Waals surface area contributed by atoms with Gasteiger partial charge in [-0.3, -0.25) is 23.9 Å². The molecule has 5 rings (SSSR count). The Kier molecular flexibility index (Phi) is 6.96. The smallest absolute Gasteiger partial charge is 0.290 e. The molecule has 210 valence electrons. The molecular formula is C30H28FN5O5. The van der Waals surface area contributed by atoms with Gasteiger partial charge in [-0.1, -0.05) is 12.1 Å². The van der Waals surface area contributed by atoms with Crippen molar-refractivity contribution >= 4 is 28.4 Å². The highest BCUT2D eigenvalue weighted by Gasteiger charge is 2.22. The van der Waals surface area contributed by atoms with Gasteiger partial charge in [-0.25, -0.2) is 9.07 Å². The predicted octanol–water partition coefficient (Wildman–Crippen LogP) is 4.14. The van der Waals surface area contributed by atoms with Crippen LogP contribution in [-0.2, 0) is 13.6 Å². The fraction of sp³-hybridized carbons (Fsp3) is 0.200. The quantitative estimate of drug-likeness (QED) is 0.325. The number of nitrogens with zero attached hydrogens (tertiary/aromatic N) is 3. The molecule has 10 nitrogen and oxygen atoms in total. The summed E-state index contributed by atoms with van der Waals surface area (Å²) in [5.74, 6) is -1.37. The van der Waals surface area contributed by atoms with Crippen molar-refractivity contribution in [3.63, 3.8) is 0 Å². The van der Waals surface area contributed by atoms with Crippen LogP contribution >= 0.6 is 0 Å². The van der Waals surface area contributed by atoms with Crippen LogP contribution < -0.4 is 21.8 Å². The van der Waals surface area contributed by atoms with E-state index in [4.69, 9.17) is 4.52 Å². The second-order valence-corrected chi connectivity index (χ2v) is 9.64. The van der Waals surface area contributed by atoms with E-state index in [2.05, 4.69) is 10.6 Å². The van der Waals surface area contributed by atoms with Gasteiger partial charge in [-0.2, -0.15) is 4.74 Å². The highest BCUT2D eigenvalue weighted by Crippen LogP contribution is 2.26. The van der Waals surface area contributed by atoms with Crippen LogP contribution in [0.4, 0.5) is 10.1 Å². The van der Waals surface area contributed by atoms with Crippen LogP contribution in [0.2, 0.25) is 0 Å². The van der Waals surface area contributed by atoms with Crippen LogP contribution in [0.1, 0.15) is 39.0 Å². The number of hydrogen-bond acceptors (Lipinski definition) is 5. The third kappa shape index (κ3) is 4.65. The number of fused-ring (bicyclic) bond motifs is 1. The molecule has 5 aromatic rings. The minimum atomic E-state index is -0.716. The second kappa shape index (κ2) is 10.4. The number of aromatic nitrogens is 3. The van der Waals surface area contributed by atoms with Gasteiger partial charge < -0.3 is 15.2 Å². The summed E-state index contributed by atoms with van der Waals surface area (Å²) in [6.07, 6.45) is 0. The van der Waals surface area contributed by atoms with Gasteiger partial charge in [0.25, 0.3) is 22.9 Å². The molecule has 0 saturated heterocycles. The van der Waals surface area contributed by atoms with E-state index in [9.17, 15) is 23.6 Å². The number of benzene rings is 3. The largest absolute Gasteiger partial charge is 0.381 e. The number of amides is 2. The van der Waals surface area contributed by atoms with Crippen molar-refractivity contribution in [3.8, 4) is 16.8 Å². The van der Waals surface area contributed by atoms with Crippen LogP contribution in [-0.4, -0.2) is 33.0 Å². The van der Waals surface area contributed by atoms with Crippen LogP contribution in [0.15, 0.2) is 68.7 Å². The van der Waals surface area contributed by atoms with Crippen molar-refractivity contribution in [1.82, 2.24) is 19.4 Å². The molecule has 0 saturated carbocycles. The lowest BCUT2D eigenvalue weighted by Crippen LogP contribution is -2.21. The Bertz CT molecular complexity index is 1960. The lowest BCUT2D eigenvalue weighted by molar-refractivity contribution is 0.0957. The van der Waals surface area contributed by atoms with E-state index in [1.54, 1.807) is 62.0 Å². The topological polar surface area (TPSA) is 120 Å². The summed E-state index contributed by atoms with van der Waals surface area (Å²) >= 11 is 0. The molecule has 2 aromatic heterocycles. The summed E-state index contributed by atoms with van der Waals surface area (Å²) in [5.41, 5.74) is 2.47. The molecule has 2 heterocycles. The zero-order chi connectivity index (χ0) is 29.6. The normalized spacial score (nSPS) is 11.2. The molecule has 3 aromatic carbocycles. The van der Waals surface area contributed by atoms with Crippen LogP contribution in [0.5, 0.6) is 0 Å². The molecule has 0 unspecified atom stereocenters. The van der Waals surface area contributed by atoms with Gasteiger partial charge in [0, 0.05) is 26.3 Å². The Hall–Kier alpha value is -5.19. The monoisotopic (exact) mass is 557 g/mol. The predicted molar refractivity (Wildman–Crippen MR) is 153 cm³/mol. The second-order valence-electron chi connectivity index (χ2n) is 9.64. The van der Waals surface area contributed by atoms with E-state index in [0.29, 0.717) is 45.6 Å². The molecular weight excluding hydrogens is 529 g/mol. The number of halogens is 1. The van der Waals surface area contributed by atoms with E-state index in [-0.39, 0.29) is 27.9 Å². The van der Waals surface area contributed by atoms with E-state index in [1.165, 1.54) is 23.9 Å². The highest BCUT2D eigenvalue weighted by molar-refractivity contribution is 6.12. The van der Waals surface area contributed by atoms with Gasteiger partial charge in [0.15, 0.2) is 0 Å². The van der Waals surface area contributed by atoms with Crippen LogP contribution in [0.3, 0.4) is 0 Å². The van der Waals surface area contributed by atoms with Crippen molar-refractivity contribution in [1.29, 1.82) is 0 Å². The maximum Gasteiger partial charge on any atom is 0.290 e. The van der Waals surface area contributed by atoms with E-state index in [1.807, 2.05) is 6.92 Å². The lowest BCUT2D eigenvalue weighted by atomic mass is 10.1. The number of carbonyl (C=O) groups is 2. The summed E-state index contributed by atoms with van der Waals surface area (Å²) < 4.78 is 23.9. The number of aryl methyl sites for hydroxylation is 4. The van der Waals surface area contributed by atoms with Gasteiger partial charge in [-0.05, 0) is 74.4 Å². The van der Waals surface area contributed by atoms with Crippen molar-refractivity contribution in [3.05, 3.63) is 104 Å². The van der Waals surface area contributed by atoms with E-state index in [0.717, 1.165) is 10.8 Å². The van der Waals surface area contributed by atoms with Gasteiger partial charge in [0.05, 0.1) is 33.3 Å². The summed E-state index contributed by atoms with van der Waals surface area (Å²) in [5, 5.41) is 5.46. The Labute approximate surface area is 233 Å². The standard InChI is InChI=1S/C30H28FN5O5/c1-6-35-26-22(28(38)33-19-9-12-24(31)21(15-19)27(37)32-4)13-16(2)14-23(26)29(39)36(35)20-10-7-18(8-11-20)25-17(3)41-34(5)30(25)40/h7-15H,6H2,1-5H3,(H,32,37)(H,33,38). The summed E-state index contributed by atoms with van der Waals surface area (Å²) in [7, 11) is 2.93. The maximum absolute atomic E-state index is 14.2. The molecule has 0 bridgehead atoms. The number of carbonyl (C=O) groups excluding carboxylic acids is 2. The van der Waals surface area contributed by atoms with Crippen molar-refractivity contribution in [2.24, 2.45) is 7.05 Å². The average Bonchev–Trinajstić information content (AvgIpc) is 3.38. The first-order valence-corrected chi connectivity index (χ1v) is 12.9. The molecule has 2 amide bonds. The summed E-state index contributed by atoms with van der Waals surface area (Å²) in [6.45, 7) is 5.72. The van der Waals surface area contributed by atoms with Gasteiger partial charge in [-0.15, -0.1) is 0 Å². The number of nitrogens with one attached hydrogen (secondary N) is 2. The van der Waals surface area contributed by atoms with Gasteiger partial charge in [0.1, 0.15) is 11.6 Å². The number of hydrogen-bond donors (Lipinski definition) is 2. The number of rotatable bonds is 6. The molecule has 0 aliphatic carbocycles. The Balaban J connectivity index is 1.60. The molecule has 0 radical (unpaired) electrons. The highest BCUT2D eigenvalue weighted by atomic mass is 19.1. The Morgan fingerprint density at radius 1 is 0.927 bits per heavy atom. The van der Waals surface area contributed by atoms with E-state index >= 15 is 0 Å². The molecule has 2 N–H and O–H groups in total. The number of anilines is 1. The average molecular weight is 558 g/mol. The minimum absolute atomic E-state index is 0.205. The first-order valence-electron chi connectivity index (χ1n) is 12.9. The molecule has 0 aliphatic rings. The zero-order valence-corrected chi connectivity index (χ0v) is 23.2. The van der Waals surface area contributed by atoms with Crippen molar-refractivity contribution < 1.29 is 18.5 Å². The van der Waals surface area contributed by atoms with Crippen molar-refractivity contribution in [2.45, 2.75) is 27.3 Å². The Morgan fingerprint density at radius 3 is 2.24 bits per heavy atom. The van der Waals surface area contributed by atoms with Crippen LogP contribution in [0.25, 0.3) is 27.7 Å². The third-order valence-electron chi connectivity index (χ3n) is 6.94. The molecule has 41 heavy (non-hydrogen) atoms. The first-order chi connectivity index (χ1) is 19.5. The summed E-state index contributed by atoms with van der Waals surface area (Å²) in [4.78, 5) is 51.8. The minimum Gasteiger partial charge on any atom is -0.381 e. The SMILES string of the molecule is CCn1c2c(C(=O)Nc3ccc(F)c(C(=O)NC)c3)cc(C)cc2c(=O)n1-c1ccc(-c2c(C)on(C)c2=O)cc1. The first kappa shape index (κ1) is 27.4. The zero-order valence-electron chi connectivity index (χ0n) is 23.2. The van der Waals surface area contributed by atoms with Gasteiger partial charge in [0.2, 0.25) is 0 Å². The molecule has 0 fully saturated rings. The molecule has 11 heteroatoms. The molecule has 0 aliphatic heterocycles. The fourth-order valence-corrected chi connectivity index (χ4v) is 5.08. The lowest BCUT2D eigenvalue weighted by Gasteiger charge is -2.14. The van der Waals surface area contributed by atoms with Gasteiger partial charge >= 0.3 is 0 Å². The molecule has 0 atom stereocenters. The van der Waals surface area contributed by atoms with E-state index < -0.39 is 17.6 Å². The fourth-order valence-electron chi connectivity index (χ4n) is 5.08. The Morgan fingerprint density at radius 2 is 1.63 bits per heavy atom. The maximum atomic E-state index is 14.2. The third-order valence-corrected chi connectivity index (χ3v) is 6.94. The summed E-state index contributed by atoms with van der Waals surface area (Å²) in [6, 6.07) is 14.1. The van der Waals surface area contributed by atoms with Crippen LogP contribution in [0, 0.1) is 19.7 Å².